The fourth-order valence-electron chi connectivity index (χ4n) is 4.41. The number of halogens is 1. The number of aryl methyl sites for hydroxylation is 1. The highest BCUT2D eigenvalue weighted by Gasteiger charge is 2.41. The summed E-state index contributed by atoms with van der Waals surface area (Å²) < 4.78 is 0. The summed E-state index contributed by atoms with van der Waals surface area (Å²) in [6.45, 7) is 2.57. The van der Waals surface area contributed by atoms with Gasteiger partial charge >= 0.3 is 0 Å². The number of rotatable bonds is 6. The molecule has 1 N–H and O–H groups in total. The Morgan fingerprint density at radius 1 is 1.16 bits per heavy atom. The first kappa shape index (κ1) is 22.9. The number of carbonyl (C=O) groups is 2. The number of amides is 2. The van der Waals surface area contributed by atoms with Gasteiger partial charge in [-0.15, -0.1) is 11.8 Å². The first-order chi connectivity index (χ1) is 15.5. The molecule has 0 spiro atoms. The molecular weight excluding hydrogens is 440 g/mol. The lowest BCUT2D eigenvalue weighted by Gasteiger charge is -2.43. The van der Waals surface area contributed by atoms with E-state index in [0.29, 0.717) is 16.8 Å². The van der Waals surface area contributed by atoms with Crippen LogP contribution in [0, 0.1) is 0 Å². The highest BCUT2D eigenvalue weighted by Crippen LogP contribution is 2.42. The fourth-order valence-corrected chi connectivity index (χ4v) is 6.08. The predicted octanol–water partition coefficient (Wildman–Crippen LogP) is 5.45. The molecule has 2 aliphatic rings. The molecule has 0 bridgehead atoms. The molecule has 0 aromatic heterocycles. The van der Waals surface area contributed by atoms with Gasteiger partial charge in [0.2, 0.25) is 5.91 Å². The summed E-state index contributed by atoms with van der Waals surface area (Å²) in [7, 11) is 0. The largest absolute Gasteiger partial charge is 0.350 e. The third-order valence-corrected chi connectivity index (χ3v) is 8.02. The third-order valence-electron chi connectivity index (χ3n) is 6.25. The smallest absolute Gasteiger partial charge is 0.261 e. The Bertz CT molecular complexity index is 1010. The van der Waals surface area contributed by atoms with Crippen LogP contribution in [0.4, 0.5) is 0 Å². The van der Waals surface area contributed by atoms with Crippen molar-refractivity contribution in [1.82, 2.24) is 10.2 Å². The van der Waals surface area contributed by atoms with E-state index in [2.05, 4.69) is 36.5 Å². The molecule has 168 valence electrons. The van der Waals surface area contributed by atoms with E-state index in [-0.39, 0.29) is 24.4 Å². The lowest BCUT2D eigenvalue weighted by Crippen LogP contribution is -2.54. The number of benzene rings is 2. The van der Waals surface area contributed by atoms with Crippen LogP contribution >= 0.6 is 23.4 Å². The van der Waals surface area contributed by atoms with Crippen molar-refractivity contribution in [1.29, 1.82) is 0 Å². The molecule has 32 heavy (non-hydrogen) atoms. The molecule has 2 unspecified atom stereocenters. The predicted molar refractivity (Wildman–Crippen MR) is 132 cm³/mol. The molecule has 4 rings (SSSR count). The Morgan fingerprint density at radius 3 is 2.66 bits per heavy atom. The lowest BCUT2D eigenvalue weighted by molar-refractivity contribution is -0.135. The molecule has 1 saturated carbocycles. The summed E-state index contributed by atoms with van der Waals surface area (Å²) in [5.41, 5.74) is 3.17. The minimum absolute atomic E-state index is 0.0365. The highest BCUT2D eigenvalue weighted by molar-refractivity contribution is 8.04. The average Bonchev–Trinajstić information content (AvgIpc) is 2.81. The SMILES string of the molecule is CCc1ccc(/C=C2/SC3CCCCC3N(CC(=O)NCc3ccccc3Cl)C2=O)cc1. The zero-order chi connectivity index (χ0) is 22.5. The Hall–Kier alpha value is -2.24. The van der Waals surface area contributed by atoms with Gasteiger partial charge in [-0.05, 0) is 48.1 Å². The van der Waals surface area contributed by atoms with Gasteiger partial charge in [0.15, 0.2) is 0 Å². The van der Waals surface area contributed by atoms with E-state index in [1.807, 2.05) is 30.3 Å². The molecule has 1 saturated heterocycles. The molecular formula is C26H29ClN2O2S. The summed E-state index contributed by atoms with van der Waals surface area (Å²) in [4.78, 5) is 28.7. The molecule has 4 nitrogen and oxygen atoms in total. The van der Waals surface area contributed by atoms with E-state index >= 15 is 0 Å². The minimum atomic E-state index is -0.152. The molecule has 1 heterocycles. The number of hydrogen-bond donors (Lipinski definition) is 1. The van der Waals surface area contributed by atoms with E-state index in [1.165, 1.54) is 12.0 Å². The quantitative estimate of drug-likeness (QED) is 0.574. The van der Waals surface area contributed by atoms with Gasteiger partial charge in [-0.3, -0.25) is 9.59 Å². The highest BCUT2D eigenvalue weighted by atomic mass is 35.5. The van der Waals surface area contributed by atoms with E-state index in [4.69, 9.17) is 11.6 Å². The maximum Gasteiger partial charge on any atom is 0.261 e. The van der Waals surface area contributed by atoms with Crippen LogP contribution in [0.15, 0.2) is 53.4 Å². The van der Waals surface area contributed by atoms with Crippen molar-refractivity contribution < 1.29 is 9.59 Å². The topological polar surface area (TPSA) is 49.4 Å². The first-order valence-corrected chi connectivity index (χ1v) is 12.6. The summed E-state index contributed by atoms with van der Waals surface area (Å²) in [5, 5.41) is 3.91. The standard InChI is InChI=1S/C26H29ClN2O2S/c1-2-18-11-13-19(14-12-18)15-24-26(31)29(22-9-5-6-10-23(22)32-24)17-25(30)28-16-20-7-3-4-8-21(20)27/h3-4,7-8,11-15,22-23H,2,5-6,9-10,16-17H2,1H3,(H,28,30)/b24-15+. The van der Waals surface area contributed by atoms with Crippen LogP contribution in [-0.2, 0) is 22.6 Å². The van der Waals surface area contributed by atoms with Gasteiger partial charge in [0.05, 0.1) is 4.91 Å². The van der Waals surface area contributed by atoms with E-state index in [1.54, 1.807) is 16.7 Å². The van der Waals surface area contributed by atoms with Crippen molar-refractivity contribution >= 4 is 41.3 Å². The molecule has 2 aromatic rings. The van der Waals surface area contributed by atoms with Gasteiger partial charge in [-0.1, -0.05) is 73.8 Å². The van der Waals surface area contributed by atoms with Gasteiger partial charge in [-0.2, -0.15) is 0 Å². The number of nitrogens with zero attached hydrogens (tertiary/aromatic N) is 1. The molecule has 2 aromatic carbocycles. The van der Waals surface area contributed by atoms with E-state index < -0.39 is 0 Å². The van der Waals surface area contributed by atoms with E-state index in [0.717, 1.165) is 41.7 Å². The average molecular weight is 469 g/mol. The molecule has 6 heteroatoms. The van der Waals surface area contributed by atoms with Crippen LogP contribution in [0.3, 0.4) is 0 Å². The zero-order valence-electron chi connectivity index (χ0n) is 18.4. The van der Waals surface area contributed by atoms with Gasteiger partial charge in [0.1, 0.15) is 6.54 Å². The molecule has 1 aliphatic carbocycles. The van der Waals surface area contributed by atoms with Gasteiger partial charge in [-0.25, -0.2) is 0 Å². The Balaban J connectivity index is 1.49. The van der Waals surface area contributed by atoms with Crippen LogP contribution in [0.25, 0.3) is 6.08 Å². The molecule has 1 aliphatic heterocycles. The monoisotopic (exact) mass is 468 g/mol. The van der Waals surface area contributed by atoms with Crippen LogP contribution < -0.4 is 5.32 Å². The second kappa shape index (κ2) is 10.6. The fraction of sp³-hybridized carbons (Fsp3) is 0.385. The molecule has 2 fully saturated rings. The first-order valence-electron chi connectivity index (χ1n) is 11.3. The Morgan fingerprint density at radius 2 is 1.91 bits per heavy atom. The van der Waals surface area contributed by atoms with Crippen molar-refractivity contribution in [3.63, 3.8) is 0 Å². The second-order valence-electron chi connectivity index (χ2n) is 8.41. The van der Waals surface area contributed by atoms with Crippen molar-refractivity contribution in [2.24, 2.45) is 0 Å². The van der Waals surface area contributed by atoms with Crippen molar-refractivity contribution in [2.45, 2.75) is 56.9 Å². The summed E-state index contributed by atoms with van der Waals surface area (Å²) in [6, 6.07) is 15.9. The Labute approximate surface area is 199 Å². The number of nitrogens with one attached hydrogen (secondary N) is 1. The lowest BCUT2D eigenvalue weighted by atomic mass is 9.93. The van der Waals surface area contributed by atoms with Crippen molar-refractivity contribution in [3.8, 4) is 0 Å². The van der Waals surface area contributed by atoms with Crippen LogP contribution in [0.2, 0.25) is 5.02 Å². The maximum absolute atomic E-state index is 13.4. The normalized spacial score (nSPS) is 22.0. The second-order valence-corrected chi connectivity index (χ2v) is 10.1. The molecule has 0 radical (unpaired) electrons. The third kappa shape index (κ3) is 5.38. The van der Waals surface area contributed by atoms with Crippen LogP contribution in [0.5, 0.6) is 0 Å². The summed E-state index contributed by atoms with van der Waals surface area (Å²) >= 11 is 7.90. The van der Waals surface area contributed by atoms with E-state index in [9.17, 15) is 9.59 Å². The van der Waals surface area contributed by atoms with Crippen molar-refractivity contribution in [3.05, 3.63) is 75.1 Å². The molecule has 2 atom stereocenters. The van der Waals surface area contributed by atoms with Crippen LogP contribution in [-0.4, -0.2) is 34.6 Å². The number of hydrogen-bond acceptors (Lipinski definition) is 3. The number of carbonyl (C=O) groups excluding carboxylic acids is 2. The minimum Gasteiger partial charge on any atom is -0.350 e. The van der Waals surface area contributed by atoms with Crippen LogP contribution in [0.1, 0.15) is 49.3 Å². The number of fused-ring (bicyclic) bond motifs is 1. The van der Waals surface area contributed by atoms with Gasteiger partial charge < -0.3 is 10.2 Å². The van der Waals surface area contributed by atoms with Crippen molar-refractivity contribution in [2.75, 3.05) is 6.54 Å². The molecule has 2 amide bonds. The summed E-state index contributed by atoms with van der Waals surface area (Å²) in [6.07, 6.45) is 7.28. The zero-order valence-corrected chi connectivity index (χ0v) is 19.9. The number of thioether (sulfide) groups is 1. The maximum atomic E-state index is 13.4. The summed E-state index contributed by atoms with van der Waals surface area (Å²) in [5.74, 6) is -0.188. The van der Waals surface area contributed by atoms with Gasteiger partial charge in [0, 0.05) is 22.9 Å². The van der Waals surface area contributed by atoms with Gasteiger partial charge in [0.25, 0.3) is 5.91 Å². The Kier molecular flexibility index (Phi) is 7.59.